The highest BCUT2D eigenvalue weighted by Crippen LogP contribution is 2.67. The van der Waals surface area contributed by atoms with Crippen molar-refractivity contribution in [1.82, 2.24) is 10.3 Å². The molecule has 0 amide bonds. The molecule has 1 aliphatic heterocycles. The third kappa shape index (κ3) is 2.90. The van der Waals surface area contributed by atoms with Gasteiger partial charge in [-0.3, -0.25) is 0 Å². The van der Waals surface area contributed by atoms with Crippen molar-refractivity contribution < 1.29 is 14.9 Å². The Kier molecular flexibility index (Phi) is 4.31. The molecule has 2 heterocycles. The molecule has 1 saturated carbocycles. The van der Waals surface area contributed by atoms with Crippen molar-refractivity contribution in [1.29, 1.82) is 0 Å². The maximum atomic E-state index is 12.5. The summed E-state index contributed by atoms with van der Waals surface area (Å²) in [5.74, 6) is 1.46. The zero-order chi connectivity index (χ0) is 23.9. The monoisotopic (exact) mass is 473 g/mol. The van der Waals surface area contributed by atoms with E-state index in [0.29, 0.717) is 24.3 Å². The van der Waals surface area contributed by atoms with Gasteiger partial charge in [0.25, 0.3) is 0 Å². The number of aromatic hydroxyl groups is 1. The van der Waals surface area contributed by atoms with Crippen molar-refractivity contribution in [3.63, 3.8) is 0 Å². The van der Waals surface area contributed by atoms with Crippen LogP contribution in [-0.4, -0.2) is 39.8 Å². The van der Waals surface area contributed by atoms with Crippen molar-refractivity contribution >= 4 is 22.5 Å². The summed E-state index contributed by atoms with van der Waals surface area (Å²) in [6.45, 7) is 1.81. The lowest BCUT2D eigenvalue weighted by atomic mass is 9.52. The molecule has 8 nitrogen and oxygen atoms in total. The van der Waals surface area contributed by atoms with Gasteiger partial charge in [-0.25, -0.2) is 4.99 Å². The quantitative estimate of drug-likeness (QED) is 0.185. The summed E-state index contributed by atoms with van der Waals surface area (Å²) in [5.41, 5.74) is 15.4. The van der Waals surface area contributed by atoms with Crippen LogP contribution >= 0.6 is 0 Å². The molecule has 0 saturated heterocycles. The fourth-order valence-corrected chi connectivity index (χ4v) is 6.96. The Labute approximate surface area is 203 Å². The number of guanidine groups is 1. The Bertz CT molecular complexity index is 1390. The molecular weight excluding hydrogens is 442 g/mol. The molecule has 35 heavy (non-hydrogen) atoms. The molecule has 1 fully saturated rings. The lowest BCUT2D eigenvalue weighted by Gasteiger charge is -2.53. The molecule has 3 atom stereocenters. The number of nitrogens with one attached hydrogen (secondary N) is 2. The smallest absolute Gasteiger partial charge is 0.191 e. The number of hydrogen-bond acceptors (Lipinski definition) is 5. The third-order valence-electron chi connectivity index (χ3n) is 8.73. The van der Waals surface area contributed by atoms with Crippen LogP contribution in [0.4, 0.5) is 5.69 Å². The molecule has 0 spiro atoms. The van der Waals surface area contributed by atoms with Gasteiger partial charge >= 0.3 is 0 Å². The van der Waals surface area contributed by atoms with E-state index in [1.54, 1.807) is 6.07 Å². The number of H-pyrrole nitrogens is 1. The van der Waals surface area contributed by atoms with E-state index in [9.17, 15) is 10.2 Å². The summed E-state index contributed by atoms with van der Waals surface area (Å²) in [7, 11) is 0. The number of phenols is 1. The second-order valence-electron chi connectivity index (χ2n) is 10.8. The van der Waals surface area contributed by atoms with E-state index < -0.39 is 17.1 Å². The fourth-order valence-electron chi connectivity index (χ4n) is 6.96. The number of aryl methyl sites for hydroxylation is 1. The number of aliphatic imine (C=N–C) groups is 1. The van der Waals surface area contributed by atoms with E-state index >= 15 is 0 Å². The Balaban J connectivity index is 1.40. The minimum absolute atomic E-state index is 0.00922. The number of ether oxygens (including phenoxy) is 1. The minimum Gasteiger partial charge on any atom is -0.504 e. The van der Waals surface area contributed by atoms with E-state index in [0.717, 1.165) is 59.6 Å². The van der Waals surface area contributed by atoms with Crippen LogP contribution in [0.2, 0.25) is 0 Å². The van der Waals surface area contributed by atoms with Crippen LogP contribution in [0.5, 0.6) is 11.5 Å². The first kappa shape index (κ1) is 21.1. The first-order chi connectivity index (χ1) is 16.9. The second-order valence-corrected chi connectivity index (χ2v) is 10.8. The Hall–Kier alpha value is -3.23. The lowest BCUT2D eigenvalue weighted by molar-refractivity contribution is -0.0997. The number of fused-ring (bicyclic) bond motifs is 4. The zero-order valence-electron chi connectivity index (χ0n) is 19.6. The van der Waals surface area contributed by atoms with Crippen LogP contribution in [0.15, 0.2) is 35.3 Å². The number of hydrogen-bond donors (Lipinski definition) is 6. The molecule has 8 N–H and O–H groups in total. The summed E-state index contributed by atoms with van der Waals surface area (Å²) < 4.78 is 6.61. The van der Waals surface area contributed by atoms with Crippen molar-refractivity contribution in [2.24, 2.45) is 22.4 Å². The second kappa shape index (κ2) is 7.15. The van der Waals surface area contributed by atoms with Crippen LogP contribution in [0.3, 0.4) is 0 Å². The molecule has 0 bridgehead atoms. The molecule has 3 aliphatic carbocycles. The van der Waals surface area contributed by atoms with E-state index in [1.807, 2.05) is 24.3 Å². The number of aromatic amines is 1. The third-order valence-corrected chi connectivity index (χ3v) is 8.73. The van der Waals surface area contributed by atoms with E-state index in [-0.39, 0.29) is 11.7 Å². The number of rotatable bonds is 6. The van der Waals surface area contributed by atoms with Gasteiger partial charge in [0.1, 0.15) is 0 Å². The molecule has 182 valence electrons. The van der Waals surface area contributed by atoms with Gasteiger partial charge in [0.05, 0.1) is 22.4 Å². The summed E-state index contributed by atoms with van der Waals surface area (Å²) in [4.78, 5) is 7.82. The van der Waals surface area contributed by atoms with Crippen molar-refractivity contribution in [3.05, 3.63) is 52.7 Å². The summed E-state index contributed by atoms with van der Waals surface area (Å²) in [6.07, 6.45) is 4.82. The van der Waals surface area contributed by atoms with Crippen molar-refractivity contribution in [2.45, 2.75) is 55.6 Å². The first-order valence-corrected chi connectivity index (χ1v) is 12.6. The van der Waals surface area contributed by atoms with Crippen molar-refractivity contribution in [2.75, 3.05) is 13.1 Å². The number of phenolic OH excluding ortho intramolecular Hbond substituents is 1. The summed E-state index contributed by atoms with van der Waals surface area (Å²) in [6, 6.07) is 9.53. The van der Waals surface area contributed by atoms with Crippen LogP contribution in [0.25, 0.3) is 10.9 Å². The topological polar surface area (TPSA) is 142 Å². The molecule has 8 heteroatoms. The summed E-state index contributed by atoms with van der Waals surface area (Å²) >= 11 is 0. The van der Waals surface area contributed by atoms with Gasteiger partial charge in [-0.1, -0.05) is 6.07 Å². The molecule has 1 unspecified atom stereocenters. The normalized spacial score (nSPS) is 27.9. The average molecular weight is 474 g/mol. The first-order valence-electron chi connectivity index (χ1n) is 12.6. The van der Waals surface area contributed by atoms with Crippen LogP contribution in [0, 0.1) is 5.92 Å². The van der Waals surface area contributed by atoms with E-state index in [2.05, 4.69) is 15.3 Å². The Morgan fingerprint density at radius 2 is 2.09 bits per heavy atom. The number of nitrogens with two attached hydrogens (primary N) is 2. The largest absolute Gasteiger partial charge is 0.504 e. The average Bonchev–Trinajstić information content (AvgIpc) is 3.48. The summed E-state index contributed by atoms with van der Waals surface area (Å²) in [5, 5.41) is 27.9. The molecule has 3 aromatic rings. The predicted molar refractivity (Wildman–Crippen MR) is 134 cm³/mol. The van der Waals surface area contributed by atoms with Gasteiger partial charge in [0, 0.05) is 22.9 Å². The molecule has 0 radical (unpaired) electrons. The minimum atomic E-state index is -1.00. The van der Waals surface area contributed by atoms with Gasteiger partial charge in [-0.2, -0.15) is 0 Å². The number of aliphatic hydroxyl groups is 1. The van der Waals surface area contributed by atoms with E-state index in [4.69, 9.17) is 16.2 Å². The molecule has 4 aliphatic rings. The van der Waals surface area contributed by atoms with Gasteiger partial charge in [0.2, 0.25) is 0 Å². The van der Waals surface area contributed by atoms with Crippen LogP contribution < -0.4 is 21.5 Å². The lowest BCUT2D eigenvalue weighted by Crippen LogP contribution is -2.61. The zero-order valence-corrected chi connectivity index (χ0v) is 19.6. The highest BCUT2D eigenvalue weighted by molar-refractivity contribution is 5.90. The standard InChI is InChI=1S/C27H31N5O3/c28-25(29)31-16-4-5-19-17(11-16)18-12-26(34)8-7-15-3-6-20(33)23-21(15)27(26,24(35-23)22(18)32-19)9-10-30-13-14-1-2-14/h3-6,11,14,24,30,32-34H,1-2,7-10,12-13H2,(H4,28,29,31)/t24?,26-,27-/m0/s1. The van der Waals surface area contributed by atoms with Crippen LogP contribution in [0.1, 0.15) is 54.2 Å². The van der Waals surface area contributed by atoms with Gasteiger partial charge in [0.15, 0.2) is 23.6 Å². The Morgan fingerprint density at radius 1 is 1.23 bits per heavy atom. The Morgan fingerprint density at radius 3 is 2.89 bits per heavy atom. The van der Waals surface area contributed by atoms with Gasteiger partial charge < -0.3 is 36.7 Å². The molecule has 1 aromatic heterocycles. The fraction of sp³-hybridized carbons (Fsp3) is 0.444. The maximum Gasteiger partial charge on any atom is 0.191 e. The van der Waals surface area contributed by atoms with Crippen molar-refractivity contribution in [3.8, 4) is 11.5 Å². The van der Waals surface area contributed by atoms with Gasteiger partial charge in [-0.15, -0.1) is 0 Å². The van der Waals surface area contributed by atoms with Gasteiger partial charge in [-0.05, 0) is 86.5 Å². The molecule has 2 aromatic carbocycles. The maximum absolute atomic E-state index is 12.5. The van der Waals surface area contributed by atoms with E-state index in [1.165, 1.54) is 18.4 Å². The highest BCUT2D eigenvalue weighted by atomic mass is 16.5. The predicted octanol–water partition coefficient (Wildman–Crippen LogP) is 2.77. The van der Waals surface area contributed by atoms with Crippen LogP contribution in [-0.2, 0) is 18.3 Å². The number of nitrogens with zero attached hydrogens (tertiary/aromatic N) is 1. The highest BCUT2D eigenvalue weighted by Gasteiger charge is 2.67. The molecular formula is C27H31N5O3. The molecule has 7 rings (SSSR count). The number of aromatic nitrogens is 1. The SMILES string of the molecule is NC(N)=Nc1ccc2[nH]c3c(c2c1)C[C@@]1(O)CCc2ccc(O)c4c2[C@@]1(CCNCC1CC1)C3O4. The number of benzene rings is 2.